The molecule has 0 fully saturated rings. The van der Waals surface area contributed by atoms with Crippen LogP contribution in [0.2, 0.25) is 0 Å². The molecular weight excluding hydrogens is 188 g/mol. The van der Waals surface area contributed by atoms with Crippen molar-refractivity contribution >= 4 is 5.91 Å². The maximum Gasteiger partial charge on any atom is 0.227 e. The number of hydrogen-bond donors (Lipinski definition) is 0. The van der Waals surface area contributed by atoms with Gasteiger partial charge in [0.15, 0.2) is 0 Å². The highest BCUT2D eigenvalue weighted by Crippen LogP contribution is 2.18. The van der Waals surface area contributed by atoms with Gasteiger partial charge in [0, 0.05) is 18.5 Å². The molecule has 0 aliphatic rings. The molecule has 0 aromatic rings. The van der Waals surface area contributed by atoms with Crippen LogP contribution in [0, 0.1) is 22.7 Å². The van der Waals surface area contributed by atoms with Crippen molar-refractivity contribution in [2.45, 2.75) is 41.0 Å². The summed E-state index contributed by atoms with van der Waals surface area (Å²) in [4.78, 5) is 13.8. The van der Waals surface area contributed by atoms with E-state index in [0.717, 1.165) is 6.54 Å². The first-order chi connectivity index (χ1) is 6.79. The number of nitriles is 1. The van der Waals surface area contributed by atoms with Crippen molar-refractivity contribution in [2.24, 2.45) is 11.3 Å². The van der Waals surface area contributed by atoms with Gasteiger partial charge in [0.25, 0.3) is 0 Å². The average molecular weight is 210 g/mol. The van der Waals surface area contributed by atoms with E-state index in [2.05, 4.69) is 19.9 Å². The van der Waals surface area contributed by atoms with Crippen molar-refractivity contribution in [2.75, 3.05) is 13.1 Å². The molecule has 15 heavy (non-hydrogen) atoms. The summed E-state index contributed by atoms with van der Waals surface area (Å²) in [5.41, 5.74) is -0.357. The lowest BCUT2D eigenvalue weighted by Crippen LogP contribution is -2.41. The summed E-state index contributed by atoms with van der Waals surface area (Å²) >= 11 is 0. The third kappa shape index (κ3) is 5.41. The quantitative estimate of drug-likeness (QED) is 0.715. The molecule has 0 spiro atoms. The van der Waals surface area contributed by atoms with E-state index in [9.17, 15) is 4.79 Å². The minimum atomic E-state index is -0.357. The van der Waals surface area contributed by atoms with E-state index in [1.807, 2.05) is 20.8 Å². The second kappa shape index (κ2) is 5.75. The highest BCUT2D eigenvalue weighted by Gasteiger charge is 2.27. The number of nitrogens with zero attached hydrogens (tertiary/aromatic N) is 2. The Labute approximate surface area is 93.1 Å². The molecule has 1 amide bonds. The molecular formula is C12H22N2O. The molecule has 0 N–H and O–H groups in total. The monoisotopic (exact) mass is 210 g/mol. The van der Waals surface area contributed by atoms with Gasteiger partial charge in [0.05, 0.1) is 12.5 Å². The van der Waals surface area contributed by atoms with E-state index < -0.39 is 0 Å². The first-order valence-corrected chi connectivity index (χ1v) is 5.45. The molecule has 0 aliphatic heterocycles. The molecule has 0 aromatic carbocycles. The molecule has 0 aromatic heterocycles. The van der Waals surface area contributed by atoms with Gasteiger partial charge in [0.1, 0.15) is 0 Å². The third-order valence-electron chi connectivity index (χ3n) is 2.01. The zero-order valence-electron chi connectivity index (χ0n) is 10.5. The summed E-state index contributed by atoms with van der Waals surface area (Å²) in [7, 11) is 0. The summed E-state index contributed by atoms with van der Waals surface area (Å²) < 4.78 is 0. The third-order valence-corrected chi connectivity index (χ3v) is 2.01. The van der Waals surface area contributed by atoms with Crippen molar-refractivity contribution in [3.05, 3.63) is 0 Å². The van der Waals surface area contributed by atoms with Crippen LogP contribution in [0.5, 0.6) is 0 Å². The standard InChI is InChI=1S/C12H22N2O/c1-10(2)9-14(8-6-7-13)11(15)12(3,4)5/h10H,6,8-9H2,1-5H3. The minimum Gasteiger partial charge on any atom is -0.341 e. The van der Waals surface area contributed by atoms with Crippen LogP contribution in [0.15, 0.2) is 0 Å². The molecule has 0 bridgehead atoms. The number of carbonyl (C=O) groups excluding carboxylic acids is 1. The summed E-state index contributed by atoms with van der Waals surface area (Å²) in [6.45, 7) is 11.2. The number of rotatable bonds is 4. The molecule has 0 saturated carbocycles. The lowest BCUT2D eigenvalue weighted by Gasteiger charge is -2.30. The zero-order chi connectivity index (χ0) is 12.1. The number of amides is 1. The smallest absolute Gasteiger partial charge is 0.227 e. The summed E-state index contributed by atoms with van der Waals surface area (Å²) in [6.07, 6.45) is 0.411. The second-order valence-electron chi connectivity index (χ2n) is 5.30. The van der Waals surface area contributed by atoms with Gasteiger partial charge in [-0.05, 0) is 5.92 Å². The van der Waals surface area contributed by atoms with Crippen molar-refractivity contribution < 1.29 is 4.79 Å². The molecule has 0 unspecified atom stereocenters. The lowest BCUT2D eigenvalue weighted by molar-refractivity contribution is -0.139. The summed E-state index contributed by atoms with van der Waals surface area (Å²) in [5, 5.41) is 8.55. The highest BCUT2D eigenvalue weighted by molar-refractivity contribution is 5.81. The van der Waals surface area contributed by atoms with Crippen LogP contribution < -0.4 is 0 Å². The molecule has 3 nitrogen and oxygen atoms in total. The van der Waals surface area contributed by atoms with Crippen LogP contribution in [0.3, 0.4) is 0 Å². The van der Waals surface area contributed by atoms with Crippen molar-refractivity contribution in [3.8, 4) is 6.07 Å². The second-order valence-corrected chi connectivity index (χ2v) is 5.30. The first-order valence-electron chi connectivity index (χ1n) is 5.45. The van der Waals surface area contributed by atoms with E-state index in [0.29, 0.717) is 18.9 Å². The molecule has 0 heterocycles. The van der Waals surface area contributed by atoms with Crippen LogP contribution in [0.4, 0.5) is 0 Å². The average Bonchev–Trinajstić information content (AvgIpc) is 2.09. The van der Waals surface area contributed by atoms with Gasteiger partial charge >= 0.3 is 0 Å². The largest absolute Gasteiger partial charge is 0.341 e. The van der Waals surface area contributed by atoms with Gasteiger partial charge in [0.2, 0.25) is 5.91 Å². The maximum atomic E-state index is 12.0. The van der Waals surface area contributed by atoms with Crippen LogP contribution in [-0.2, 0) is 4.79 Å². The molecule has 86 valence electrons. The van der Waals surface area contributed by atoms with E-state index in [-0.39, 0.29) is 11.3 Å². The van der Waals surface area contributed by atoms with Crippen molar-refractivity contribution in [3.63, 3.8) is 0 Å². The van der Waals surface area contributed by atoms with Crippen molar-refractivity contribution in [1.29, 1.82) is 5.26 Å². The fourth-order valence-electron chi connectivity index (χ4n) is 1.38. The Morgan fingerprint density at radius 1 is 1.40 bits per heavy atom. The van der Waals surface area contributed by atoms with E-state index >= 15 is 0 Å². The molecule has 0 atom stereocenters. The topological polar surface area (TPSA) is 44.1 Å². The predicted molar refractivity (Wildman–Crippen MR) is 61.1 cm³/mol. The molecule has 0 radical (unpaired) electrons. The number of hydrogen-bond acceptors (Lipinski definition) is 2. The highest BCUT2D eigenvalue weighted by atomic mass is 16.2. The van der Waals surface area contributed by atoms with Crippen LogP contribution in [0.1, 0.15) is 41.0 Å². The van der Waals surface area contributed by atoms with Gasteiger partial charge in [-0.1, -0.05) is 34.6 Å². The van der Waals surface area contributed by atoms with Gasteiger partial charge in [-0.25, -0.2) is 0 Å². The maximum absolute atomic E-state index is 12.0. The van der Waals surface area contributed by atoms with E-state index in [4.69, 9.17) is 5.26 Å². The van der Waals surface area contributed by atoms with Crippen LogP contribution in [-0.4, -0.2) is 23.9 Å². The van der Waals surface area contributed by atoms with Gasteiger partial charge in [-0.3, -0.25) is 4.79 Å². The Balaban J connectivity index is 4.49. The Kier molecular flexibility index (Phi) is 5.35. The molecule has 0 rings (SSSR count). The van der Waals surface area contributed by atoms with Crippen molar-refractivity contribution in [1.82, 2.24) is 4.90 Å². The SMILES string of the molecule is CC(C)CN(CCC#N)C(=O)C(C)(C)C. The predicted octanol–water partition coefficient (Wildman–Crippen LogP) is 2.43. The Hall–Kier alpha value is -1.04. The molecule has 3 heteroatoms. The minimum absolute atomic E-state index is 0.131. The summed E-state index contributed by atoms with van der Waals surface area (Å²) in [6, 6.07) is 2.08. The first kappa shape index (κ1) is 14.0. The molecule has 0 aliphatic carbocycles. The zero-order valence-corrected chi connectivity index (χ0v) is 10.5. The fourth-order valence-corrected chi connectivity index (χ4v) is 1.38. The van der Waals surface area contributed by atoms with Gasteiger partial charge < -0.3 is 4.90 Å². The van der Waals surface area contributed by atoms with Gasteiger partial charge in [-0.15, -0.1) is 0 Å². The normalized spacial score (nSPS) is 11.3. The Morgan fingerprint density at radius 3 is 2.27 bits per heavy atom. The molecule has 0 saturated heterocycles. The van der Waals surface area contributed by atoms with Crippen LogP contribution >= 0.6 is 0 Å². The Morgan fingerprint density at radius 2 is 1.93 bits per heavy atom. The van der Waals surface area contributed by atoms with E-state index in [1.54, 1.807) is 4.90 Å². The number of carbonyl (C=O) groups is 1. The fraction of sp³-hybridized carbons (Fsp3) is 0.833. The summed E-state index contributed by atoms with van der Waals surface area (Å²) in [5.74, 6) is 0.571. The lowest BCUT2D eigenvalue weighted by atomic mass is 9.94. The van der Waals surface area contributed by atoms with E-state index in [1.165, 1.54) is 0 Å². The van der Waals surface area contributed by atoms with Crippen LogP contribution in [0.25, 0.3) is 0 Å². The Bertz CT molecular complexity index is 245. The van der Waals surface area contributed by atoms with Gasteiger partial charge in [-0.2, -0.15) is 5.26 Å².